The monoisotopic (exact) mass is 538 g/mol. The second kappa shape index (κ2) is 13.9. The fraction of sp³-hybridized carbons (Fsp3) is 0.167. The predicted octanol–water partition coefficient (Wildman–Crippen LogP) is 7.98. The van der Waals surface area contributed by atoms with Crippen LogP contribution in [0.15, 0.2) is 66.7 Å². The van der Waals surface area contributed by atoms with Crippen molar-refractivity contribution in [2.45, 2.75) is 27.4 Å². The summed E-state index contributed by atoms with van der Waals surface area (Å²) in [7, 11) is 1.71. The summed E-state index contributed by atoms with van der Waals surface area (Å²) in [5.74, 6) is -1.96. The Morgan fingerprint density at radius 2 is 1.74 bits per heavy atom. The Morgan fingerprint density at radius 1 is 1.03 bits per heavy atom. The number of rotatable bonds is 7. The lowest BCUT2D eigenvalue weighted by Crippen LogP contribution is -2.06. The van der Waals surface area contributed by atoms with Crippen molar-refractivity contribution in [2.75, 3.05) is 12.4 Å². The Bertz CT molecular complexity index is 1430. The Morgan fingerprint density at radius 3 is 2.37 bits per heavy atom. The van der Waals surface area contributed by atoms with E-state index in [2.05, 4.69) is 18.2 Å². The lowest BCUT2D eigenvalue weighted by atomic mass is 10.1. The molecule has 38 heavy (non-hydrogen) atoms. The lowest BCUT2D eigenvalue weighted by molar-refractivity contribution is 0.0697. The molecule has 5 nitrogen and oxygen atoms in total. The molecule has 4 rings (SSSR count). The molecule has 2 N–H and O–H groups in total. The van der Waals surface area contributed by atoms with Gasteiger partial charge in [0.1, 0.15) is 24.0 Å². The van der Waals surface area contributed by atoms with Crippen LogP contribution in [0.2, 0.25) is 5.02 Å². The van der Waals surface area contributed by atoms with Crippen molar-refractivity contribution in [3.63, 3.8) is 0 Å². The molecule has 8 heteroatoms. The number of aromatic carboxylic acids is 1. The first-order valence-electron chi connectivity index (χ1n) is 11.7. The standard InChI is InChI=1S/C26H21ClF2N2O3.C2H6.C2H2/c1-15-3-7-24(31(15)21-10-17(26(32)33)9-20(13-21)30-2)22-11-18(27)5-8-25(22)34-14-16-4-6-19(28)12-23(16)29;2*1-2/h3-13,30H,14H2,1-2H3,(H,32,33);1-2H3;1-2H. The molecule has 0 fully saturated rings. The van der Waals surface area contributed by atoms with E-state index < -0.39 is 17.6 Å². The summed E-state index contributed by atoms with van der Waals surface area (Å²) in [5.41, 5.74) is 3.82. The average molecular weight is 539 g/mol. The van der Waals surface area contributed by atoms with Gasteiger partial charge in [-0.1, -0.05) is 25.4 Å². The van der Waals surface area contributed by atoms with Crippen LogP contribution in [0.3, 0.4) is 0 Å². The SMILES string of the molecule is C#C.CC.CNc1cc(C(=O)O)cc(-n2c(C)ccc2-c2cc(Cl)ccc2OCc2ccc(F)cc2F)c1. The van der Waals surface area contributed by atoms with Crippen LogP contribution in [0.4, 0.5) is 14.5 Å². The number of carboxylic acid groups (broad SMARTS) is 1. The zero-order chi connectivity index (χ0) is 28.4. The second-order valence-electron chi connectivity index (χ2n) is 7.68. The highest BCUT2D eigenvalue weighted by Gasteiger charge is 2.17. The van der Waals surface area contributed by atoms with Gasteiger partial charge in [-0.3, -0.25) is 0 Å². The van der Waals surface area contributed by atoms with Gasteiger partial charge >= 0.3 is 5.97 Å². The molecule has 0 bridgehead atoms. The second-order valence-corrected chi connectivity index (χ2v) is 8.12. The molecule has 1 heterocycles. The third-order valence-electron chi connectivity index (χ3n) is 5.40. The van der Waals surface area contributed by atoms with Gasteiger partial charge in [0.2, 0.25) is 0 Å². The molecular weight excluding hydrogens is 510 g/mol. The third kappa shape index (κ3) is 6.93. The molecule has 0 aliphatic rings. The van der Waals surface area contributed by atoms with Crippen LogP contribution in [0.1, 0.15) is 35.5 Å². The van der Waals surface area contributed by atoms with E-state index in [0.717, 1.165) is 11.8 Å². The minimum atomic E-state index is -1.04. The molecule has 0 saturated carbocycles. The highest BCUT2D eigenvalue weighted by molar-refractivity contribution is 6.31. The summed E-state index contributed by atoms with van der Waals surface area (Å²) in [6, 6.07) is 17.1. The van der Waals surface area contributed by atoms with Crippen LogP contribution >= 0.6 is 11.6 Å². The number of halogens is 3. The number of nitrogens with one attached hydrogen (secondary N) is 1. The van der Waals surface area contributed by atoms with Gasteiger partial charge in [0.15, 0.2) is 0 Å². The normalized spacial score (nSPS) is 9.92. The summed E-state index contributed by atoms with van der Waals surface area (Å²) >= 11 is 6.29. The molecule has 3 aromatic carbocycles. The Kier molecular flexibility index (Phi) is 10.9. The first-order valence-corrected chi connectivity index (χ1v) is 12.1. The molecule has 0 amide bonds. The Balaban J connectivity index is 0.00000121. The Labute approximate surface area is 226 Å². The van der Waals surface area contributed by atoms with Crippen molar-refractivity contribution < 1.29 is 23.4 Å². The lowest BCUT2D eigenvalue weighted by Gasteiger charge is -2.17. The molecule has 0 aliphatic carbocycles. The summed E-state index contributed by atoms with van der Waals surface area (Å²) in [6.07, 6.45) is 8.00. The van der Waals surface area contributed by atoms with Crippen LogP contribution in [-0.4, -0.2) is 22.7 Å². The summed E-state index contributed by atoms with van der Waals surface area (Å²) in [6.45, 7) is 5.79. The number of hydrogen-bond donors (Lipinski definition) is 2. The van der Waals surface area contributed by atoms with Gasteiger partial charge in [-0.25, -0.2) is 13.6 Å². The minimum absolute atomic E-state index is 0.112. The van der Waals surface area contributed by atoms with Crippen molar-refractivity contribution in [1.29, 1.82) is 0 Å². The maximum atomic E-state index is 14.1. The van der Waals surface area contributed by atoms with Crippen LogP contribution in [0, 0.1) is 31.4 Å². The van der Waals surface area contributed by atoms with Crippen LogP contribution in [-0.2, 0) is 6.61 Å². The topological polar surface area (TPSA) is 63.5 Å². The van der Waals surface area contributed by atoms with Gasteiger partial charge in [0.25, 0.3) is 0 Å². The number of benzene rings is 3. The third-order valence-corrected chi connectivity index (χ3v) is 5.64. The summed E-state index contributed by atoms with van der Waals surface area (Å²) in [5, 5.41) is 13.0. The number of hydrogen-bond acceptors (Lipinski definition) is 3. The molecule has 0 radical (unpaired) electrons. The summed E-state index contributed by atoms with van der Waals surface area (Å²) in [4.78, 5) is 11.7. The number of carbonyl (C=O) groups is 1. The Hall–Kier alpha value is -4.28. The van der Waals surface area contributed by atoms with E-state index in [-0.39, 0.29) is 17.7 Å². The molecular formula is C30H29ClF2N2O3. The van der Waals surface area contributed by atoms with E-state index in [1.807, 2.05) is 43.5 Å². The zero-order valence-corrected chi connectivity index (χ0v) is 22.3. The minimum Gasteiger partial charge on any atom is -0.488 e. The van der Waals surface area contributed by atoms with Gasteiger partial charge in [0, 0.05) is 46.3 Å². The molecule has 0 unspecified atom stereocenters. The van der Waals surface area contributed by atoms with Crippen molar-refractivity contribution in [3.05, 3.63) is 100 Å². The van der Waals surface area contributed by atoms with Gasteiger partial charge in [0.05, 0.1) is 11.3 Å². The number of aryl methyl sites for hydroxylation is 1. The summed E-state index contributed by atoms with van der Waals surface area (Å²) < 4.78 is 35.2. The maximum absolute atomic E-state index is 14.1. The fourth-order valence-electron chi connectivity index (χ4n) is 3.72. The highest BCUT2D eigenvalue weighted by Crippen LogP contribution is 2.36. The van der Waals surface area contributed by atoms with Crippen molar-refractivity contribution in [3.8, 4) is 35.5 Å². The number of aromatic nitrogens is 1. The van der Waals surface area contributed by atoms with Crippen LogP contribution in [0.25, 0.3) is 16.9 Å². The number of anilines is 1. The zero-order valence-electron chi connectivity index (χ0n) is 21.6. The molecule has 0 saturated heterocycles. The van der Waals surface area contributed by atoms with E-state index in [9.17, 15) is 18.7 Å². The molecule has 0 aliphatic heterocycles. The van der Waals surface area contributed by atoms with Crippen LogP contribution < -0.4 is 10.1 Å². The van der Waals surface area contributed by atoms with Gasteiger partial charge in [-0.15, -0.1) is 12.8 Å². The largest absolute Gasteiger partial charge is 0.488 e. The number of ether oxygens (including phenoxy) is 1. The van der Waals surface area contributed by atoms with Crippen LogP contribution in [0.5, 0.6) is 5.75 Å². The number of nitrogens with zero attached hydrogens (tertiary/aromatic N) is 1. The van der Waals surface area contributed by atoms with Gasteiger partial charge in [-0.05, 0) is 67.6 Å². The maximum Gasteiger partial charge on any atom is 0.335 e. The van der Waals surface area contributed by atoms with E-state index >= 15 is 0 Å². The van der Waals surface area contributed by atoms with Crippen molar-refractivity contribution >= 4 is 23.3 Å². The molecule has 0 atom stereocenters. The van der Waals surface area contributed by atoms with Gasteiger partial charge in [-0.2, -0.15) is 0 Å². The average Bonchev–Trinajstić information content (AvgIpc) is 3.31. The molecule has 4 aromatic rings. The first-order chi connectivity index (χ1) is 18.3. The number of carboxylic acids is 1. The molecule has 198 valence electrons. The number of terminal acetylenes is 1. The smallest absolute Gasteiger partial charge is 0.335 e. The van der Waals surface area contributed by atoms with E-state index in [4.69, 9.17) is 16.3 Å². The highest BCUT2D eigenvalue weighted by atomic mass is 35.5. The van der Waals surface area contributed by atoms with Crippen molar-refractivity contribution in [2.24, 2.45) is 0 Å². The van der Waals surface area contributed by atoms with Crippen molar-refractivity contribution in [1.82, 2.24) is 4.57 Å². The van der Waals surface area contributed by atoms with Gasteiger partial charge < -0.3 is 19.7 Å². The molecule has 1 aromatic heterocycles. The fourth-order valence-corrected chi connectivity index (χ4v) is 3.89. The quantitative estimate of drug-likeness (QED) is 0.234. The predicted molar refractivity (Wildman–Crippen MR) is 149 cm³/mol. The van der Waals surface area contributed by atoms with E-state index in [1.54, 1.807) is 37.4 Å². The first kappa shape index (κ1) is 29.9. The van der Waals surface area contributed by atoms with E-state index in [0.29, 0.717) is 33.4 Å². The van der Waals surface area contributed by atoms with E-state index in [1.165, 1.54) is 12.1 Å². The molecule has 0 spiro atoms.